The number of benzene rings is 2. The Bertz CT molecular complexity index is 983. The fourth-order valence-corrected chi connectivity index (χ4v) is 3.80. The Morgan fingerprint density at radius 3 is 2.67 bits per heavy atom. The number of aromatic nitrogens is 3. The maximum Gasteiger partial charge on any atom is 0.320 e. The highest BCUT2D eigenvalue weighted by Gasteiger charge is 2.22. The lowest BCUT2D eigenvalue weighted by atomic mass is 9.97. The van der Waals surface area contributed by atoms with Crippen LogP contribution in [0.5, 0.6) is 11.8 Å². The summed E-state index contributed by atoms with van der Waals surface area (Å²) in [5.41, 5.74) is 1.61. The summed E-state index contributed by atoms with van der Waals surface area (Å²) in [6.45, 7) is 5.29. The van der Waals surface area contributed by atoms with Crippen molar-refractivity contribution in [1.29, 1.82) is 0 Å². The van der Waals surface area contributed by atoms with Gasteiger partial charge in [-0.25, -0.2) is 4.39 Å². The van der Waals surface area contributed by atoms with Gasteiger partial charge in [0.1, 0.15) is 17.3 Å². The van der Waals surface area contributed by atoms with Gasteiger partial charge in [-0.2, -0.15) is 9.67 Å². The number of para-hydroxylation sites is 1. The number of hydrogen-bond donors (Lipinski definition) is 0. The molecule has 1 aliphatic heterocycles. The molecule has 3 aromatic rings. The maximum atomic E-state index is 14.2. The van der Waals surface area contributed by atoms with Crippen LogP contribution in [0.2, 0.25) is 0 Å². The molecular weight excluding hydrogens is 383 g/mol. The third kappa shape index (κ3) is 4.79. The fourth-order valence-electron chi connectivity index (χ4n) is 3.80. The zero-order valence-corrected chi connectivity index (χ0v) is 17.4. The number of nitrogens with zero attached hydrogens (tertiary/aromatic N) is 4. The molecule has 4 rings (SSSR count). The zero-order chi connectivity index (χ0) is 20.9. The van der Waals surface area contributed by atoms with Gasteiger partial charge in [-0.3, -0.25) is 4.90 Å². The van der Waals surface area contributed by atoms with Gasteiger partial charge in [0.15, 0.2) is 5.82 Å². The zero-order valence-electron chi connectivity index (χ0n) is 17.4. The molecule has 0 saturated carbocycles. The first-order valence-electron chi connectivity index (χ1n) is 10.3. The van der Waals surface area contributed by atoms with E-state index in [0.29, 0.717) is 30.0 Å². The molecule has 0 aliphatic carbocycles. The smallest absolute Gasteiger partial charge is 0.320 e. The topological polar surface area (TPSA) is 52.4 Å². The van der Waals surface area contributed by atoms with Crippen LogP contribution in [0.15, 0.2) is 48.5 Å². The van der Waals surface area contributed by atoms with Crippen LogP contribution in [0, 0.1) is 18.7 Å². The molecule has 1 fully saturated rings. The third-order valence-electron chi connectivity index (χ3n) is 5.46. The van der Waals surface area contributed by atoms with E-state index in [-0.39, 0.29) is 5.82 Å². The average Bonchev–Trinajstić information content (AvgIpc) is 3.14. The summed E-state index contributed by atoms with van der Waals surface area (Å²) in [6.07, 6.45) is 2.10. The first-order valence-corrected chi connectivity index (χ1v) is 10.3. The fraction of sp³-hybridized carbons (Fsp3) is 0.391. The monoisotopic (exact) mass is 410 g/mol. The normalized spacial score (nSPS) is 15.3. The summed E-state index contributed by atoms with van der Waals surface area (Å²) in [5, 5.41) is 4.30. The third-order valence-corrected chi connectivity index (χ3v) is 5.46. The predicted molar refractivity (Wildman–Crippen MR) is 113 cm³/mol. The van der Waals surface area contributed by atoms with Crippen molar-refractivity contribution in [3.8, 4) is 17.4 Å². The SMILES string of the molecule is COc1cccc(CN2CCC(COc3nc(C)nn3-c3ccccc3F)CC2)c1. The summed E-state index contributed by atoms with van der Waals surface area (Å²) in [5.74, 6) is 1.54. The number of likely N-dealkylation sites (tertiary alicyclic amines) is 1. The van der Waals surface area contributed by atoms with Gasteiger partial charge in [-0.05, 0) is 68.6 Å². The summed E-state index contributed by atoms with van der Waals surface area (Å²) >= 11 is 0. The van der Waals surface area contributed by atoms with Crippen molar-refractivity contribution in [3.63, 3.8) is 0 Å². The van der Waals surface area contributed by atoms with Crippen LogP contribution in [0.1, 0.15) is 24.2 Å². The van der Waals surface area contributed by atoms with Gasteiger partial charge >= 0.3 is 6.01 Å². The minimum absolute atomic E-state index is 0.344. The van der Waals surface area contributed by atoms with E-state index < -0.39 is 0 Å². The van der Waals surface area contributed by atoms with E-state index in [1.807, 2.05) is 12.1 Å². The van der Waals surface area contributed by atoms with Crippen molar-refractivity contribution in [2.24, 2.45) is 5.92 Å². The Morgan fingerprint density at radius 2 is 1.90 bits per heavy atom. The number of rotatable bonds is 7. The molecule has 0 bridgehead atoms. The van der Waals surface area contributed by atoms with Gasteiger partial charge < -0.3 is 9.47 Å². The second-order valence-corrected chi connectivity index (χ2v) is 7.69. The Balaban J connectivity index is 1.32. The Kier molecular flexibility index (Phi) is 6.28. The number of aryl methyl sites for hydroxylation is 1. The number of piperidine rings is 1. The molecule has 6 nitrogen and oxygen atoms in total. The van der Waals surface area contributed by atoms with Crippen LogP contribution in [-0.4, -0.2) is 46.5 Å². The average molecular weight is 410 g/mol. The first-order chi connectivity index (χ1) is 14.6. The molecule has 2 heterocycles. The summed E-state index contributed by atoms with van der Waals surface area (Å²) in [4.78, 5) is 6.80. The highest BCUT2D eigenvalue weighted by molar-refractivity contribution is 5.34. The molecule has 0 atom stereocenters. The van der Waals surface area contributed by atoms with Crippen LogP contribution in [0.3, 0.4) is 0 Å². The van der Waals surface area contributed by atoms with Crippen LogP contribution in [-0.2, 0) is 6.54 Å². The van der Waals surface area contributed by atoms with E-state index in [1.165, 1.54) is 16.3 Å². The van der Waals surface area contributed by atoms with Crippen LogP contribution < -0.4 is 9.47 Å². The molecule has 1 aliphatic rings. The van der Waals surface area contributed by atoms with E-state index in [2.05, 4.69) is 27.1 Å². The molecule has 0 N–H and O–H groups in total. The predicted octanol–water partition coefficient (Wildman–Crippen LogP) is 4.01. The second-order valence-electron chi connectivity index (χ2n) is 7.69. The molecule has 0 radical (unpaired) electrons. The molecule has 158 valence electrons. The van der Waals surface area contributed by atoms with Crippen molar-refractivity contribution < 1.29 is 13.9 Å². The molecule has 1 saturated heterocycles. The molecular formula is C23H27FN4O2. The van der Waals surface area contributed by atoms with E-state index >= 15 is 0 Å². The standard InChI is InChI=1S/C23H27FN4O2/c1-17-25-23(28(26-17)22-9-4-3-8-21(22)24)30-16-18-10-12-27(13-11-18)15-19-6-5-7-20(14-19)29-2/h3-9,14,18H,10-13,15-16H2,1-2H3. The lowest BCUT2D eigenvalue weighted by Crippen LogP contribution is -2.35. The maximum absolute atomic E-state index is 14.2. The van der Waals surface area contributed by atoms with Crippen molar-refractivity contribution in [2.75, 3.05) is 26.8 Å². The number of hydrogen-bond acceptors (Lipinski definition) is 5. The van der Waals surface area contributed by atoms with E-state index in [1.54, 1.807) is 32.2 Å². The molecule has 30 heavy (non-hydrogen) atoms. The van der Waals surface area contributed by atoms with Crippen LogP contribution >= 0.6 is 0 Å². The molecule has 1 aromatic heterocycles. The molecule has 0 unspecified atom stereocenters. The highest BCUT2D eigenvalue weighted by atomic mass is 19.1. The number of halogens is 1. The molecule has 2 aromatic carbocycles. The van der Waals surface area contributed by atoms with Crippen LogP contribution in [0.25, 0.3) is 5.69 Å². The summed E-state index contributed by atoms with van der Waals surface area (Å²) < 4.78 is 26.9. The summed E-state index contributed by atoms with van der Waals surface area (Å²) in [7, 11) is 1.69. The van der Waals surface area contributed by atoms with E-state index in [0.717, 1.165) is 38.2 Å². The van der Waals surface area contributed by atoms with Crippen molar-refractivity contribution in [2.45, 2.75) is 26.3 Å². The second kappa shape index (κ2) is 9.26. The number of methoxy groups -OCH3 is 1. The lowest BCUT2D eigenvalue weighted by Gasteiger charge is -2.31. The van der Waals surface area contributed by atoms with Gasteiger partial charge in [0.2, 0.25) is 0 Å². The number of ether oxygens (including phenoxy) is 2. The highest BCUT2D eigenvalue weighted by Crippen LogP contribution is 2.23. The van der Waals surface area contributed by atoms with Gasteiger partial charge in [0.25, 0.3) is 0 Å². The summed E-state index contributed by atoms with van der Waals surface area (Å²) in [6, 6.07) is 15.1. The molecule has 7 heteroatoms. The van der Waals surface area contributed by atoms with Crippen molar-refractivity contribution >= 4 is 0 Å². The van der Waals surface area contributed by atoms with Crippen molar-refractivity contribution in [1.82, 2.24) is 19.7 Å². The van der Waals surface area contributed by atoms with E-state index in [9.17, 15) is 4.39 Å². The Hall–Kier alpha value is -2.93. The minimum Gasteiger partial charge on any atom is -0.497 e. The first kappa shape index (κ1) is 20.3. The van der Waals surface area contributed by atoms with Gasteiger partial charge in [0.05, 0.1) is 13.7 Å². The van der Waals surface area contributed by atoms with Gasteiger partial charge in [-0.15, -0.1) is 5.10 Å². The van der Waals surface area contributed by atoms with Gasteiger partial charge in [-0.1, -0.05) is 24.3 Å². The Morgan fingerprint density at radius 1 is 1.10 bits per heavy atom. The van der Waals surface area contributed by atoms with E-state index in [4.69, 9.17) is 9.47 Å². The largest absolute Gasteiger partial charge is 0.497 e. The lowest BCUT2D eigenvalue weighted by molar-refractivity contribution is 0.130. The quantitative estimate of drug-likeness (QED) is 0.589. The Labute approximate surface area is 176 Å². The van der Waals surface area contributed by atoms with Gasteiger partial charge in [0, 0.05) is 6.54 Å². The van der Waals surface area contributed by atoms with Crippen molar-refractivity contribution in [3.05, 3.63) is 65.7 Å². The van der Waals surface area contributed by atoms with Crippen LogP contribution in [0.4, 0.5) is 4.39 Å². The molecule has 0 amide bonds. The minimum atomic E-state index is -0.349. The molecule has 0 spiro atoms.